The van der Waals surface area contributed by atoms with E-state index in [1.54, 1.807) is 32.5 Å². The lowest BCUT2D eigenvalue weighted by Crippen LogP contribution is -2.34. The first-order valence-electron chi connectivity index (χ1n) is 7.58. The molecule has 128 valence electrons. The van der Waals surface area contributed by atoms with Crippen molar-refractivity contribution >= 4 is 17.6 Å². The Labute approximate surface area is 139 Å². The number of rotatable bonds is 5. The zero-order chi connectivity index (χ0) is 17.9. The maximum absolute atomic E-state index is 13.0. The highest BCUT2D eigenvalue weighted by Crippen LogP contribution is 2.16. The van der Waals surface area contributed by atoms with Crippen molar-refractivity contribution in [3.05, 3.63) is 47.0 Å². The van der Waals surface area contributed by atoms with Gasteiger partial charge in [0.05, 0.1) is 5.69 Å². The lowest BCUT2D eigenvalue weighted by atomic mass is 10.2. The molecule has 0 aliphatic carbocycles. The van der Waals surface area contributed by atoms with Gasteiger partial charge in [0.25, 0.3) is 5.91 Å². The molecule has 2 aromatic rings. The van der Waals surface area contributed by atoms with E-state index in [1.807, 2.05) is 0 Å². The van der Waals surface area contributed by atoms with Crippen molar-refractivity contribution in [2.75, 3.05) is 18.1 Å². The number of carbonyl (C=O) groups excluding carboxylic acids is 2. The van der Waals surface area contributed by atoms with Gasteiger partial charge in [-0.05, 0) is 45.0 Å². The normalized spacial score (nSPS) is 10.5. The number of aryl methyl sites for hydroxylation is 2. The minimum Gasteiger partial charge on any atom is -0.452 e. The quantitative estimate of drug-likeness (QED) is 0.788. The number of halogens is 1. The highest BCUT2D eigenvalue weighted by atomic mass is 19.1. The van der Waals surface area contributed by atoms with Gasteiger partial charge in [-0.1, -0.05) is 0 Å². The average Bonchev–Trinajstić information content (AvgIpc) is 2.80. The van der Waals surface area contributed by atoms with Crippen molar-refractivity contribution < 1.29 is 18.7 Å². The molecular formula is C17H20FN3O3. The van der Waals surface area contributed by atoms with Gasteiger partial charge in [-0.2, -0.15) is 5.10 Å². The van der Waals surface area contributed by atoms with Crippen LogP contribution in [0.2, 0.25) is 0 Å². The molecule has 1 amide bonds. The van der Waals surface area contributed by atoms with E-state index in [2.05, 4.69) is 5.10 Å². The lowest BCUT2D eigenvalue weighted by Gasteiger charge is -2.20. The molecule has 7 heteroatoms. The van der Waals surface area contributed by atoms with E-state index in [0.717, 1.165) is 0 Å². The fourth-order valence-electron chi connectivity index (χ4n) is 2.47. The van der Waals surface area contributed by atoms with Crippen LogP contribution < -0.4 is 4.90 Å². The SMILES string of the molecule is CCN(C(=O)COC(=O)c1c(C)nn(C)c1C)c1ccc(F)cc1. The molecule has 1 aromatic heterocycles. The molecule has 0 unspecified atom stereocenters. The van der Waals surface area contributed by atoms with E-state index in [4.69, 9.17) is 4.74 Å². The third-order valence-corrected chi connectivity index (χ3v) is 3.80. The molecule has 0 aliphatic rings. The molecule has 1 heterocycles. The van der Waals surface area contributed by atoms with Crippen LogP contribution in [-0.4, -0.2) is 34.8 Å². The standard InChI is InChI=1S/C17H20FN3O3/c1-5-21(14-8-6-13(18)7-9-14)15(22)10-24-17(23)16-11(2)19-20(4)12(16)3/h6-9H,5,10H2,1-4H3. The van der Waals surface area contributed by atoms with E-state index in [9.17, 15) is 14.0 Å². The number of aromatic nitrogens is 2. The molecule has 0 spiro atoms. The van der Waals surface area contributed by atoms with Crippen LogP contribution in [0.15, 0.2) is 24.3 Å². The Bertz CT molecular complexity index is 753. The molecule has 0 atom stereocenters. The summed E-state index contributed by atoms with van der Waals surface area (Å²) in [6, 6.07) is 5.57. The fourth-order valence-corrected chi connectivity index (χ4v) is 2.47. The first-order valence-corrected chi connectivity index (χ1v) is 7.58. The molecule has 0 saturated heterocycles. The van der Waals surface area contributed by atoms with E-state index < -0.39 is 12.6 Å². The van der Waals surface area contributed by atoms with Gasteiger partial charge in [0.1, 0.15) is 11.4 Å². The zero-order valence-electron chi connectivity index (χ0n) is 14.2. The van der Waals surface area contributed by atoms with Crippen LogP contribution in [0, 0.1) is 19.7 Å². The zero-order valence-corrected chi connectivity index (χ0v) is 14.2. The minimum absolute atomic E-state index is 0.370. The van der Waals surface area contributed by atoms with Crippen LogP contribution in [0.25, 0.3) is 0 Å². The number of benzene rings is 1. The predicted molar refractivity (Wildman–Crippen MR) is 87.4 cm³/mol. The summed E-state index contributed by atoms with van der Waals surface area (Å²) in [4.78, 5) is 25.9. The maximum Gasteiger partial charge on any atom is 0.342 e. The Morgan fingerprint density at radius 2 is 1.88 bits per heavy atom. The third-order valence-electron chi connectivity index (χ3n) is 3.80. The van der Waals surface area contributed by atoms with Crippen LogP contribution in [0.3, 0.4) is 0 Å². The number of amides is 1. The number of ether oxygens (including phenoxy) is 1. The second-order valence-electron chi connectivity index (χ2n) is 5.36. The minimum atomic E-state index is -0.582. The molecule has 0 saturated carbocycles. The number of nitrogens with zero attached hydrogens (tertiary/aromatic N) is 3. The van der Waals surface area contributed by atoms with Crippen molar-refractivity contribution in [1.29, 1.82) is 0 Å². The number of hydrogen-bond acceptors (Lipinski definition) is 4. The third kappa shape index (κ3) is 3.61. The Morgan fingerprint density at radius 3 is 2.38 bits per heavy atom. The van der Waals surface area contributed by atoms with Crippen LogP contribution in [0.1, 0.15) is 28.7 Å². The lowest BCUT2D eigenvalue weighted by molar-refractivity contribution is -0.121. The molecule has 0 N–H and O–H groups in total. The smallest absolute Gasteiger partial charge is 0.342 e. The van der Waals surface area contributed by atoms with E-state index in [-0.39, 0.29) is 11.7 Å². The molecule has 6 nitrogen and oxygen atoms in total. The average molecular weight is 333 g/mol. The predicted octanol–water partition coefficient (Wildman–Crippen LogP) is 2.39. The monoisotopic (exact) mass is 333 g/mol. The van der Waals surface area contributed by atoms with Crippen LogP contribution in [-0.2, 0) is 16.6 Å². The molecular weight excluding hydrogens is 313 g/mol. The van der Waals surface area contributed by atoms with Gasteiger partial charge in [0.2, 0.25) is 0 Å². The van der Waals surface area contributed by atoms with Crippen LogP contribution in [0.4, 0.5) is 10.1 Å². The van der Waals surface area contributed by atoms with Gasteiger partial charge < -0.3 is 9.64 Å². The summed E-state index contributed by atoms with van der Waals surface area (Å²) >= 11 is 0. The Morgan fingerprint density at radius 1 is 1.25 bits per heavy atom. The summed E-state index contributed by atoms with van der Waals surface area (Å²) in [6.07, 6.45) is 0. The Kier molecular flexibility index (Phi) is 5.33. The maximum atomic E-state index is 13.0. The fraction of sp³-hybridized carbons (Fsp3) is 0.353. The largest absolute Gasteiger partial charge is 0.452 e. The van der Waals surface area contributed by atoms with Crippen LogP contribution >= 0.6 is 0 Å². The number of anilines is 1. The van der Waals surface area contributed by atoms with E-state index in [0.29, 0.717) is 29.2 Å². The van der Waals surface area contributed by atoms with Crippen molar-refractivity contribution in [1.82, 2.24) is 9.78 Å². The van der Waals surface area contributed by atoms with Crippen molar-refractivity contribution in [2.45, 2.75) is 20.8 Å². The molecule has 0 fully saturated rings. The van der Waals surface area contributed by atoms with E-state index >= 15 is 0 Å². The molecule has 24 heavy (non-hydrogen) atoms. The molecule has 0 bridgehead atoms. The first-order chi connectivity index (χ1) is 11.3. The summed E-state index contributed by atoms with van der Waals surface area (Å²) in [7, 11) is 1.73. The summed E-state index contributed by atoms with van der Waals surface area (Å²) < 4.78 is 19.7. The van der Waals surface area contributed by atoms with Gasteiger partial charge in [0, 0.05) is 25.0 Å². The summed E-state index contributed by atoms with van der Waals surface area (Å²) in [6.45, 7) is 5.25. The van der Waals surface area contributed by atoms with Gasteiger partial charge >= 0.3 is 5.97 Å². The van der Waals surface area contributed by atoms with Gasteiger partial charge in [-0.3, -0.25) is 9.48 Å². The highest BCUT2D eigenvalue weighted by molar-refractivity contribution is 5.97. The van der Waals surface area contributed by atoms with Gasteiger partial charge in [0.15, 0.2) is 6.61 Å². The van der Waals surface area contributed by atoms with Crippen LogP contribution in [0.5, 0.6) is 0 Å². The van der Waals surface area contributed by atoms with Gasteiger partial charge in [-0.15, -0.1) is 0 Å². The van der Waals surface area contributed by atoms with Crippen molar-refractivity contribution in [2.24, 2.45) is 7.05 Å². The summed E-state index contributed by atoms with van der Waals surface area (Å²) in [5.41, 5.74) is 2.15. The molecule has 2 rings (SSSR count). The summed E-state index contributed by atoms with van der Waals surface area (Å²) in [5, 5.41) is 4.15. The molecule has 0 radical (unpaired) electrons. The molecule has 1 aromatic carbocycles. The second kappa shape index (κ2) is 7.25. The number of likely N-dealkylation sites (N-methyl/N-ethyl adjacent to an activating group) is 1. The summed E-state index contributed by atoms with van der Waals surface area (Å²) in [5.74, 6) is -1.34. The van der Waals surface area contributed by atoms with Crippen molar-refractivity contribution in [3.8, 4) is 0 Å². The second-order valence-corrected chi connectivity index (χ2v) is 5.36. The highest BCUT2D eigenvalue weighted by Gasteiger charge is 2.21. The molecule has 0 aliphatic heterocycles. The van der Waals surface area contributed by atoms with E-state index in [1.165, 1.54) is 29.2 Å². The number of carbonyl (C=O) groups is 2. The first kappa shape index (κ1) is 17.7. The van der Waals surface area contributed by atoms with Gasteiger partial charge in [-0.25, -0.2) is 9.18 Å². The Hall–Kier alpha value is -2.70. The topological polar surface area (TPSA) is 64.4 Å². The van der Waals surface area contributed by atoms with Crippen molar-refractivity contribution in [3.63, 3.8) is 0 Å². The number of esters is 1. The number of hydrogen-bond donors (Lipinski definition) is 0. The Balaban J connectivity index is 2.06.